The predicted molar refractivity (Wildman–Crippen MR) is 579 cm³/mol. The Kier molecular flexibility index (Phi) is 23.1. The summed E-state index contributed by atoms with van der Waals surface area (Å²) < 4.78 is 14.8. The van der Waals surface area contributed by atoms with E-state index in [1.54, 1.807) is 0 Å². The van der Waals surface area contributed by atoms with Crippen molar-refractivity contribution in [2.24, 2.45) is 0 Å². The molecule has 12 heteroatoms. The van der Waals surface area contributed by atoms with Crippen LogP contribution in [0.4, 0.5) is 0 Å². The van der Waals surface area contributed by atoms with Crippen molar-refractivity contribution in [2.75, 3.05) is 0 Å². The van der Waals surface area contributed by atoms with Crippen LogP contribution in [-0.4, -0.2) is 44.9 Å². The minimum absolute atomic E-state index is 0.613. The molecule has 0 aliphatic carbocycles. The molecule has 0 fully saturated rings. The highest BCUT2D eigenvalue weighted by molar-refractivity contribution is 7.25. The molecule has 662 valence electrons. The van der Waals surface area contributed by atoms with Gasteiger partial charge in [0.25, 0.3) is 0 Å². The molecule has 0 saturated carbocycles. The number of fused-ring (bicyclic) bond motifs is 9. The molecule has 20 aromatic carbocycles. The monoisotopic (exact) mass is 1820 g/mol. The minimum atomic E-state index is 0.613. The molecule has 26 rings (SSSR count). The number of benzene rings is 20. The second kappa shape index (κ2) is 38.2. The largest absolute Gasteiger partial charge is 0.456 e. The maximum absolute atomic E-state index is 6.08. The van der Waals surface area contributed by atoms with Gasteiger partial charge in [-0.15, -0.1) is 11.3 Å². The molecular formula is C129H83N9O2S. The van der Waals surface area contributed by atoms with Gasteiger partial charge >= 0.3 is 0 Å². The second-order valence-corrected chi connectivity index (χ2v) is 35.8. The molecule has 0 saturated heterocycles. The van der Waals surface area contributed by atoms with Crippen molar-refractivity contribution in [3.8, 4) is 192 Å². The molecule has 0 spiro atoms. The Hall–Kier alpha value is -18.8. The van der Waals surface area contributed by atoms with Crippen molar-refractivity contribution < 1.29 is 8.83 Å². The van der Waals surface area contributed by atoms with Gasteiger partial charge in [-0.25, -0.2) is 44.9 Å². The van der Waals surface area contributed by atoms with Gasteiger partial charge in [0.2, 0.25) is 0 Å². The lowest BCUT2D eigenvalue weighted by Crippen LogP contribution is -2.00. The molecule has 141 heavy (non-hydrogen) atoms. The van der Waals surface area contributed by atoms with Crippen molar-refractivity contribution in [3.63, 3.8) is 0 Å². The van der Waals surface area contributed by atoms with Gasteiger partial charge in [-0.2, -0.15) is 0 Å². The first kappa shape index (κ1) is 85.2. The van der Waals surface area contributed by atoms with E-state index < -0.39 is 0 Å². The molecule has 0 atom stereocenters. The van der Waals surface area contributed by atoms with Crippen molar-refractivity contribution >= 4 is 75.4 Å². The maximum atomic E-state index is 6.08. The van der Waals surface area contributed by atoms with E-state index in [1.165, 1.54) is 48.0 Å². The highest BCUT2D eigenvalue weighted by Gasteiger charge is 2.22. The Morgan fingerprint density at radius 2 is 0.312 bits per heavy atom. The third-order valence-electron chi connectivity index (χ3n) is 25.6. The zero-order chi connectivity index (χ0) is 93.7. The molecule has 0 aliphatic rings. The maximum Gasteiger partial charge on any atom is 0.164 e. The van der Waals surface area contributed by atoms with Gasteiger partial charge in [-0.05, 0) is 192 Å². The van der Waals surface area contributed by atoms with E-state index >= 15 is 0 Å². The number of nitrogens with zero attached hydrogens (tertiary/aromatic N) is 9. The van der Waals surface area contributed by atoms with Crippen LogP contribution >= 0.6 is 11.3 Å². The fourth-order valence-electron chi connectivity index (χ4n) is 18.4. The SMILES string of the molecule is c1ccc(-c2ccc(-c3cccc(-c4cc(-c5ccccc5)cc(-c5nc(-c6ccccc6)nc(-c6ccccc6)n5)c4)c3)cc2)cc1.c1ccc(-c2nc(-c3cccc(-c4ccc5oc6ccccc6c5c4)c3)nc(-c3cccc(-c4ccc5oc6ccccc6c5c4)c3)n2)cc1.c1ccc(-c2nc(-c3ccccc3)nc(-c3cccc(-c4cccc(-c5ccc6sc7ccccc7c6c5)c4)c3)n2)cc1. The third-order valence-corrected chi connectivity index (χ3v) is 26.7. The molecule has 6 aromatic heterocycles. The molecule has 11 nitrogen and oxygen atoms in total. The Balaban J connectivity index is 0.000000115. The second-order valence-electron chi connectivity index (χ2n) is 34.7. The predicted octanol–water partition coefficient (Wildman–Crippen LogP) is 34.1. The van der Waals surface area contributed by atoms with E-state index in [4.69, 9.17) is 53.7 Å². The third kappa shape index (κ3) is 18.0. The van der Waals surface area contributed by atoms with Gasteiger partial charge in [0.05, 0.1) is 0 Å². The van der Waals surface area contributed by atoms with Crippen LogP contribution in [0.3, 0.4) is 0 Å². The summed E-state index contributed by atoms with van der Waals surface area (Å²) in [6.45, 7) is 0. The fourth-order valence-corrected chi connectivity index (χ4v) is 19.5. The van der Waals surface area contributed by atoms with Crippen LogP contribution in [-0.2, 0) is 0 Å². The molecule has 0 amide bonds. The van der Waals surface area contributed by atoms with Crippen molar-refractivity contribution in [1.29, 1.82) is 0 Å². The lowest BCUT2D eigenvalue weighted by atomic mass is 9.93. The molecule has 26 aromatic rings. The van der Waals surface area contributed by atoms with Gasteiger partial charge < -0.3 is 8.83 Å². The normalized spacial score (nSPS) is 11.3. The van der Waals surface area contributed by atoms with Gasteiger partial charge in [0.15, 0.2) is 52.4 Å². The van der Waals surface area contributed by atoms with E-state index in [9.17, 15) is 0 Å². The number of thiophene rings is 1. The smallest absolute Gasteiger partial charge is 0.164 e. The average molecular weight is 1820 g/mol. The summed E-state index contributed by atoms with van der Waals surface area (Å²) in [5.41, 5.74) is 30.2. The van der Waals surface area contributed by atoms with E-state index in [2.05, 4.69) is 291 Å². The zero-order valence-electron chi connectivity index (χ0n) is 76.2. The number of rotatable bonds is 17. The first-order chi connectivity index (χ1) is 69.8. The first-order valence-corrected chi connectivity index (χ1v) is 47.8. The Morgan fingerprint density at radius 3 is 0.681 bits per heavy atom. The Bertz CT molecular complexity index is 8810. The summed E-state index contributed by atoms with van der Waals surface area (Å²) in [6, 6.07) is 174. The van der Waals surface area contributed by atoms with E-state index in [0.29, 0.717) is 52.4 Å². The summed E-state index contributed by atoms with van der Waals surface area (Å²) in [4.78, 5) is 44.8. The number of hydrogen-bond acceptors (Lipinski definition) is 12. The molecule has 0 bridgehead atoms. The number of aromatic nitrogens is 9. The summed E-state index contributed by atoms with van der Waals surface area (Å²) in [6.07, 6.45) is 0. The van der Waals surface area contributed by atoms with Crippen LogP contribution in [0.5, 0.6) is 0 Å². The van der Waals surface area contributed by atoms with Crippen molar-refractivity contribution in [2.45, 2.75) is 0 Å². The summed E-state index contributed by atoms with van der Waals surface area (Å²) in [7, 11) is 0. The van der Waals surface area contributed by atoms with E-state index in [1.807, 2.05) is 224 Å². The van der Waals surface area contributed by atoms with E-state index in [-0.39, 0.29) is 0 Å². The highest BCUT2D eigenvalue weighted by atomic mass is 32.1. The Labute approximate surface area is 818 Å². The standard InChI is InChI=1S/C45H27N3O2.C45H31N3.C39H25N3S/c1-2-10-28(11-3-1)43-46-44(33-14-8-12-29(24-33)31-20-22-41-37(26-31)35-16-4-6-18-39(35)49-41)48-45(47-43)34-15-9-13-30(25-34)32-21-23-42-38(27-32)36-17-5-7-19-40(36)50-42;1-5-14-32(15-6-1)34-24-26-35(27-25-34)38-22-13-23-39(28-38)41-29-40(33-16-7-2-8-17-33)30-42(31-41)45-47-43(36-18-9-3-10-19-36)46-44(48-45)37-20-11-4-12-21-37;1-3-11-26(12-4-1)37-40-38(27-13-5-2-6-14-27)42-39(41-37)32-18-10-17-30(24-32)28-15-9-16-29(23-28)31-21-22-36-34(25-31)33-19-7-8-20-35(33)43-36/h1-27H;1-31H;1-25H. The van der Waals surface area contributed by atoms with Crippen LogP contribution in [0.15, 0.2) is 512 Å². The molecular weight excluding hydrogens is 1740 g/mol. The Morgan fingerprint density at radius 1 is 0.113 bits per heavy atom. The van der Waals surface area contributed by atoms with Crippen molar-refractivity contribution in [3.05, 3.63) is 504 Å². The van der Waals surface area contributed by atoms with Crippen LogP contribution in [0.1, 0.15) is 0 Å². The molecule has 0 radical (unpaired) electrons. The quantitative estimate of drug-likeness (QED) is 0.0860. The fraction of sp³-hybridized carbons (Fsp3) is 0. The lowest BCUT2D eigenvalue weighted by Gasteiger charge is -2.13. The van der Waals surface area contributed by atoms with Gasteiger partial charge in [0, 0.05) is 91.8 Å². The number of hydrogen-bond donors (Lipinski definition) is 0. The average Bonchev–Trinajstić information content (AvgIpc) is 1.66. The first-order valence-electron chi connectivity index (χ1n) is 47.0. The van der Waals surface area contributed by atoms with Gasteiger partial charge in [-0.1, -0.05) is 400 Å². The summed E-state index contributed by atoms with van der Waals surface area (Å²) in [5, 5.41) is 7.03. The molecule has 6 heterocycles. The van der Waals surface area contributed by atoms with Crippen molar-refractivity contribution in [1.82, 2.24) is 44.9 Å². The van der Waals surface area contributed by atoms with E-state index in [0.717, 1.165) is 155 Å². The lowest BCUT2D eigenvalue weighted by molar-refractivity contribution is 0.668. The minimum Gasteiger partial charge on any atom is -0.456 e. The highest BCUT2D eigenvalue weighted by Crippen LogP contribution is 2.43. The van der Waals surface area contributed by atoms with Crippen LogP contribution in [0.2, 0.25) is 0 Å². The zero-order valence-corrected chi connectivity index (χ0v) is 77.0. The molecule has 0 N–H and O–H groups in total. The molecule has 0 aliphatic heterocycles. The molecule has 0 unspecified atom stereocenters. The summed E-state index contributed by atoms with van der Waals surface area (Å²) in [5.74, 6) is 5.75. The van der Waals surface area contributed by atoms with Gasteiger partial charge in [0.1, 0.15) is 22.3 Å². The van der Waals surface area contributed by atoms with Crippen LogP contribution in [0.25, 0.3) is 256 Å². The number of para-hydroxylation sites is 2. The topological polar surface area (TPSA) is 142 Å². The number of furan rings is 2. The van der Waals surface area contributed by atoms with Gasteiger partial charge in [-0.3, -0.25) is 0 Å². The van der Waals surface area contributed by atoms with Crippen LogP contribution < -0.4 is 0 Å². The summed E-state index contributed by atoms with van der Waals surface area (Å²) >= 11 is 1.85. The van der Waals surface area contributed by atoms with Crippen LogP contribution in [0, 0.1) is 0 Å².